The third-order valence-corrected chi connectivity index (χ3v) is 3.37. The van der Waals surface area contributed by atoms with Gasteiger partial charge in [-0.1, -0.05) is 30.3 Å². The van der Waals surface area contributed by atoms with Crippen LogP contribution in [-0.4, -0.2) is 16.9 Å². The second-order valence-electron chi connectivity index (χ2n) is 4.83. The van der Waals surface area contributed by atoms with Gasteiger partial charge in [0.25, 0.3) is 0 Å². The number of nitrogens with two attached hydrogens (primary N) is 1. The lowest BCUT2D eigenvalue weighted by Crippen LogP contribution is -2.05. The topological polar surface area (TPSA) is 53.1 Å². The molecule has 0 aliphatic heterocycles. The number of rotatable bonds is 4. The lowest BCUT2D eigenvalue weighted by molar-refractivity contribution is 0.415. The Bertz CT molecular complexity index is 718. The van der Waals surface area contributed by atoms with Crippen LogP contribution < -0.4 is 10.5 Å². The van der Waals surface area contributed by atoms with Crippen LogP contribution >= 0.6 is 0 Å². The van der Waals surface area contributed by atoms with Gasteiger partial charge < -0.3 is 10.5 Å². The lowest BCUT2D eigenvalue weighted by atomic mass is 10.1. The van der Waals surface area contributed by atoms with Gasteiger partial charge in [0.2, 0.25) is 0 Å². The summed E-state index contributed by atoms with van der Waals surface area (Å²) in [5.41, 5.74) is 9.12. The van der Waals surface area contributed by atoms with E-state index in [0.717, 1.165) is 17.0 Å². The number of hydrogen-bond acceptors (Lipinski definition) is 3. The molecule has 0 amide bonds. The number of methoxy groups -OCH3 is 1. The fraction of sp³-hybridized carbons (Fsp3) is 0.118. The molecule has 4 heteroatoms. The maximum absolute atomic E-state index is 6.06. The van der Waals surface area contributed by atoms with Gasteiger partial charge in [-0.05, 0) is 29.8 Å². The van der Waals surface area contributed by atoms with Gasteiger partial charge in [0, 0.05) is 11.6 Å². The van der Waals surface area contributed by atoms with Gasteiger partial charge >= 0.3 is 0 Å². The van der Waals surface area contributed by atoms with Crippen molar-refractivity contribution in [1.29, 1.82) is 0 Å². The maximum atomic E-state index is 6.06. The standard InChI is InChI=1S/C17H17N3O/c1-21-15-9-7-14(8-10-15)16-11-17(18)20(19-16)12-13-5-3-2-4-6-13/h2-11H,12,18H2,1H3. The van der Waals surface area contributed by atoms with Gasteiger partial charge in [0.1, 0.15) is 11.6 Å². The minimum Gasteiger partial charge on any atom is -0.497 e. The van der Waals surface area contributed by atoms with E-state index in [-0.39, 0.29) is 0 Å². The molecule has 0 aliphatic rings. The molecule has 3 rings (SSSR count). The van der Waals surface area contributed by atoms with E-state index in [1.165, 1.54) is 5.56 Å². The number of aromatic nitrogens is 2. The second kappa shape index (κ2) is 5.71. The molecule has 1 aromatic heterocycles. The minimum absolute atomic E-state index is 0.657. The predicted molar refractivity (Wildman–Crippen MR) is 84.2 cm³/mol. The average Bonchev–Trinajstić information content (AvgIpc) is 2.89. The molecule has 1 heterocycles. The molecule has 0 bridgehead atoms. The van der Waals surface area contributed by atoms with Crippen LogP contribution in [0, 0.1) is 0 Å². The van der Waals surface area contributed by atoms with Crippen molar-refractivity contribution in [3.8, 4) is 17.0 Å². The minimum atomic E-state index is 0.657. The molecule has 2 N–H and O–H groups in total. The summed E-state index contributed by atoms with van der Waals surface area (Å²) in [5.74, 6) is 1.49. The third kappa shape index (κ3) is 2.89. The Hall–Kier alpha value is -2.75. The SMILES string of the molecule is COc1ccc(-c2cc(N)n(Cc3ccccc3)n2)cc1. The van der Waals surface area contributed by atoms with Crippen LogP contribution in [0.5, 0.6) is 5.75 Å². The summed E-state index contributed by atoms with van der Waals surface area (Å²) in [6.07, 6.45) is 0. The van der Waals surface area contributed by atoms with E-state index in [1.807, 2.05) is 53.2 Å². The quantitative estimate of drug-likeness (QED) is 0.798. The van der Waals surface area contributed by atoms with Crippen LogP contribution in [0.2, 0.25) is 0 Å². The lowest BCUT2D eigenvalue weighted by Gasteiger charge is -2.04. The van der Waals surface area contributed by atoms with Crippen LogP contribution in [-0.2, 0) is 6.54 Å². The highest BCUT2D eigenvalue weighted by molar-refractivity contribution is 5.63. The van der Waals surface area contributed by atoms with Crippen LogP contribution in [0.1, 0.15) is 5.56 Å². The Morgan fingerprint density at radius 1 is 1.05 bits per heavy atom. The van der Waals surface area contributed by atoms with E-state index in [2.05, 4.69) is 17.2 Å². The number of benzene rings is 2. The van der Waals surface area contributed by atoms with Crippen molar-refractivity contribution < 1.29 is 4.74 Å². The van der Waals surface area contributed by atoms with Crippen LogP contribution in [0.25, 0.3) is 11.3 Å². The predicted octanol–water partition coefficient (Wildman–Crippen LogP) is 3.19. The van der Waals surface area contributed by atoms with Crippen LogP contribution in [0.3, 0.4) is 0 Å². The Labute approximate surface area is 123 Å². The van der Waals surface area contributed by atoms with E-state index in [0.29, 0.717) is 12.4 Å². The Kier molecular flexibility index (Phi) is 3.60. The molecule has 2 aromatic carbocycles. The number of anilines is 1. The van der Waals surface area contributed by atoms with Gasteiger partial charge in [-0.2, -0.15) is 5.10 Å². The first-order chi connectivity index (χ1) is 10.3. The summed E-state index contributed by atoms with van der Waals surface area (Å²) < 4.78 is 6.98. The molecular weight excluding hydrogens is 262 g/mol. The first-order valence-electron chi connectivity index (χ1n) is 6.78. The van der Waals surface area contributed by atoms with Gasteiger partial charge in [-0.3, -0.25) is 0 Å². The summed E-state index contributed by atoms with van der Waals surface area (Å²) in [4.78, 5) is 0. The zero-order valence-corrected chi connectivity index (χ0v) is 11.9. The van der Waals surface area contributed by atoms with E-state index in [4.69, 9.17) is 10.5 Å². The number of ether oxygens (including phenoxy) is 1. The molecule has 0 spiro atoms. The first-order valence-corrected chi connectivity index (χ1v) is 6.78. The number of hydrogen-bond donors (Lipinski definition) is 1. The fourth-order valence-corrected chi connectivity index (χ4v) is 2.22. The molecule has 4 nitrogen and oxygen atoms in total. The van der Waals surface area contributed by atoms with Crippen molar-refractivity contribution in [3.63, 3.8) is 0 Å². The van der Waals surface area contributed by atoms with Gasteiger partial charge in [-0.25, -0.2) is 4.68 Å². The summed E-state index contributed by atoms with van der Waals surface area (Å²) in [7, 11) is 1.65. The zero-order valence-electron chi connectivity index (χ0n) is 11.9. The summed E-state index contributed by atoms with van der Waals surface area (Å²) in [6, 6.07) is 19.8. The van der Waals surface area contributed by atoms with Gasteiger partial charge in [0.05, 0.1) is 19.3 Å². The van der Waals surface area contributed by atoms with E-state index >= 15 is 0 Å². The summed E-state index contributed by atoms with van der Waals surface area (Å²) >= 11 is 0. The van der Waals surface area contributed by atoms with Crippen LogP contribution in [0.15, 0.2) is 60.7 Å². The first kappa shape index (κ1) is 13.2. The molecule has 0 aliphatic carbocycles. The molecule has 0 unspecified atom stereocenters. The van der Waals surface area contributed by atoms with E-state index in [1.54, 1.807) is 7.11 Å². The molecule has 0 radical (unpaired) electrons. The van der Waals surface area contributed by atoms with Crippen molar-refractivity contribution in [2.75, 3.05) is 12.8 Å². The van der Waals surface area contributed by atoms with Gasteiger partial charge in [-0.15, -0.1) is 0 Å². The van der Waals surface area contributed by atoms with Crippen molar-refractivity contribution in [3.05, 3.63) is 66.2 Å². The zero-order chi connectivity index (χ0) is 14.7. The average molecular weight is 279 g/mol. The molecular formula is C17H17N3O. The van der Waals surface area contributed by atoms with E-state index < -0.39 is 0 Å². The fourth-order valence-electron chi connectivity index (χ4n) is 2.22. The van der Waals surface area contributed by atoms with Gasteiger partial charge in [0.15, 0.2) is 0 Å². The Morgan fingerprint density at radius 3 is 2.43 bits per heavy atom. The normalized spacial score (nSPS) is 10.5. The van der Waals surface area contributed by atoms with Crippen molar-refractivity contribution >= 4 is 5.82 Å². The molecule has 0 saturated heterocycles. The van der Waals surface area contributed by atoms with Crippen molar-refractivity contribution in [1.82, 2.24) is 9.78 Å². The Balaban J connectivity index is 1.86. The monoisotopic (exact) mass is 279 g/mol. The molecule has 21 heavy (non-hydrogen) atoms. The summed E-state index contributed by atoms with van der Waals surface area (Å²) in [6.45, 7) is 0.669. The van der Waals surface area contributed by atoms with E-state index in [9.17, 15) is 0 Å². The smallest absolute Gasteiger partial charge is 0.122 e. The molecule has 3 aromatic rings. The highest BCUT2D eigenvalue weighted by Gasteiger charge is 2.07. The number of nitrogen functional groups attached to an aromatic ring is 1. The summed E-state index contributed by atoms with van der Waals surface area (Å²) in [5, 5.41) is 4.58. The largest absolute Gasteiger partial charge is 0.497 e. The van der Waals surface area contributed by atoms with Crippen molar-refractivity contribution in [2.24, 2.45) is 0 Å². The highest BCUT2D eigenvalue weighted by Crippen LogP contribution is 2.23. The molecule has 0 saturated carbocycles. The maximum Gasteiger partial charge on any atom is 0.122 e. The second-order valence-corrected chi connectivity index (χ2v) is 4.83. The number of nitrogens with zero attached hydrogens (tertiary/aromatic N) is 2. The molecule has 0 atom stereocenters. The Morgan fingerprint density at radius 2 is 1.76 bits per heavy atom. The van der Waals surface area contributed by atoms with Crippen LogP contribution in [0.4, 0.5) is 5.82 Å². The van der Waals surface area contributed by atoms with Crippen molar-refractivity contribution in [2.45, 2.75) is 6.54 Å². The molecule has 106 valence electrons. The molecule has 0 fully saturated rings. The third-order valence-electron chi connectivity index (χ3n) is 3.37. The highest BCUT2D eigenvalue weighted by atomic mass is 16.5.